The molecule has 1 unspecified atom stereocenters. The van der Waals surface area contributed by atoms with Crippen LogP contribution in [0.1, 0.15) is 17.4 Å². The number of piperazine rings is 1. The van der Waals surface area contributed by atoms with Crippen LogP contribution >= 0.6 is 11.3 Å². The summed E-state index contributed by atoms with van der Waals surface area (Å²) in [5, 5.41) is 15.0. The lowest BCUT2D eigenvalue weighted by molar-refractivity contribution is -0.145. The lowest BCUT2D eigenvalue weighted by atomic mass is 10.1. The van der Waals surface area contributed by atoms with E-state index in [1.807, 2.05) is 35.2 Å². The molecule has 4 rings (SSSR count). The zero-order valence-electron chi connectivity index (χ0n) is 13.8. The first-order valence-electron chi connectivity index (χ1n) is 8.39. The van der Waals surface area contributed by atoms with Gasteiger partial charge in [-0.2, -0.15) is 11.3 Å². The molecule has 0 saturated carbocycles. The minimum absolute atomic E-state index is 0.514. The first-order valence-corrected chi connectivity index (χ1v) is 9.34. The third-order valence-corrected chi connectivity index (χ3v) is 5.44. The predicted molar refractivity (Wildman–Crippen MR) is 97.8 cm³/mol. The zero-order chi connectivity index (χ0) is 17.2. The van der Waals surface area contributed by atoms with E-state index in [2.05, 4.69) is 21.7 Å². The van der Waals surface area contributed by atoms with Crippen LogP contribution in [0.3, 0.4) is 0 Å². The van der Waals surface area contributed by atoms with Crippen LogP contribution in [0.4, 0.5) is 0 Å². The van der Waals surface area contributed by atoms with Crippen molar-refractivity contribution in [1.29, 1.82) is 0 Å². The second kappa shape index (κ2) is 7.00. The van der Waals surface area contributed by atoms with Gasteiger partial charge in [0.05, 0.1) is 0 Å². The molecule has 25 heavy (non-hydrogen) atoms. The van der Waals surface area contributed by atoms with Crippen molar-refractivity contribution < 1.29 is 14.3 Å². The lowest BCUT2D eigenvalue weighted by Gasteiger charge is -2.36. The predicted octanol–water partition coefficient (Wildman–Crippen LogP) is 3.44. The molecule has 1 aliphatic heterocycles. The summed E-state index contributed by atoms with van der Waals surface area (Å²) >= 11 is 1.71. The first-order chi connectivity index (χ1) is 12.2. The van der Waals surface area contributed by atoms with Gasteiger partial charge in [-0.25, -0.2) is 0 Å². The van der Waals surface area contributed by atoms with E-state index in [1.165, 1.54) is 5.56 Å². The normalized spacial score (nSPS) is 17.8. The molecule has 0 spiro atoms. The van der Waals surface area contributed by atoms with Crippen molar-refractivity contribution in [3.8, 4) is 0 Å². The van der Waals surface area contributed by atoms with E-state index >= 15 is 0 Å². The van der Waals surface area contributed by atoms with E-state index in [4.69, 9.17) is 4.42 Å². The Morgan fingerprint density at radius 1 is 1.20 bits per heavy atom. The minimum Gasteiger partial charge on any atom is -0.480 e. The number of nitrogens with zero attached hydrogens (tertiary/aromatic N) is 2. The molecule has 3 heterocycles. The molecule has 1 N–H and O–H groups in total. The average Bonchev–Trinajstić information content (AvgIpc) is 3.25. The number of hydrogen-bond donors (Lipinski definition) is 1. The van der Waals surface area contributed by atoms with Gasteiger partial charge in [0.15, 0.2) is 6.04 Å². The standard InChI is InChI=1S/C19H20N2O3S/c22-19(23)18(17-11-15-3-1-2-4-16(15)24-17)21-8-6-20(7-9-21)12-14-5-10-25-13-14/h1-5,10-11,13,18H,6-9,12H2,(H,22,23). The summed E-state index contributed by atoms with van der Waals surface area (Å²) in [6.07, 6.45) is 0. The quantitative estimate of drug-likeness (QED) is 0.759. The van der Waals surface area contributed by atoms with Crippen molar-refractivity contribution in [3.05, 3.63) is 58.5 Å². The number of aliphatic carboxylic acids is 1. The molecule has 0 bridgehead atoms. The summed E-state index contributed by atoms with van der Waals surface area (Å²) in [4.78, 5) is 16.3. The van der Waals surface area contributed by atoms with Gasteiger partial charge < -0.3 is 9.52 Å². The van der Waals surface area contributed by atoms with Gasteiger partial charge in [-0.05, 0) is 34.5 Å². The number of carbonyl (C=O) groups is 1. The van der Waals surface area contributed by atoms with Gasteiger partial charge in [0.2, 0.25) is 0 Å². The van der Waals surface area contributed by atoms with Gasteiger partial charge in [-0.3, -0.25) is 14.6 Å². The molecular formula is C19H20N2O3S. The smallest absolute Gasteiger partial charge is 0.328 e. The Kier molecular flexibility index (Phi) is 4.57. The SMILES string of the molecule is O=C(O)C(c1cc2ccccc2o1)N1CCN(Cc2ccsc2)CC1. The Hall–Kier alpha value is -2.15. The highest BCUT2D eigenvalue weighted by Gasteiger charge is 2.32. The van der Waals surface area contributed by atoms with Crippen LogP contribution in [0.15, 0.2) is 51.6 Å². The van der Waals surface area contributed by atoms with Gasteiger partial charge >= 0.3 is 5.97 Å². The second-order valence-corrected chi connectivity index (χ2v) is 7.15. The van der Waals surface area contributed by atoms with Crippen LogP contribution in [-0.2, 0) is 11.3 Å². The molecule has 0 amide bonds. The number of para-hydroxylation sites is 1. The summed E-state index contributed by atoms with van der Waals surface area (Å²) in [6, 6.07) is 10.9. The van der Waals surface area contributed by atoms with E-state index in [0.29, 0.717) is 5.76 Å². The van der Waals surface area contributed by atoms with Crippen molar-refractivity contribution >= 4 is 28.3 Å². The van der Waals surface area contributed by atoms with Crippen LogP contribution in [0, 0.1) is 0 Å². The molecule has 1 aliphatic rings. The average molecular weight is 356 g/mol. The molecule has 6 heteroatoms. The molecular weight excluding hydrogens is 336 g/mol. The molecule has 0 radical (unpaired) electrons. The summed E-state index contributed by atoms with van der Waals surface area (Å²) in [6.45, 7) is 4.09. The largest absolute Gasteiger partial charge is 0.480 e. The maximum absolute atomic E-state index is 11.9. The monoisotopic (exact) mass is 356 g/mol. The Balaban J connectivity index is 1.47. The molecule has 0 aliphatic carbocycles. The van der Waals surface area contributed by atoms with E-state index in [1.54, 1.807) is 11.3 Å². The highest BCUT2D eigenvalue weighted by molar-refractivity contribution is 7.07. The van der Waals surface area contributed by atoms with Gasteiger partial charge in [0, 0.05) is 38.1 Å². The van der Waals surface area contributed by atoms with Crippen molar-refractivity contribution in [3.63, 3.8) is 0 Å². The van der Waals surface area contributed by atoms with Crippen LogP contribution in [0.2, 0.25) is 0 Å². The number of rotatable bonds is 5. The fourth-order valence-corrected chi connectivity index (χ4v) is 4.08. The third-order valence-electron chi connectivity index (χ3n) is 4.71. The van der Waals surface area contributed by atoms with E-state index < -0.39 is 12.0 Å². The topological polar surface area (TPSA) is 56.9 Å². The summed E-state index contributed by atoms with van der Waals surface area (Å²) in [7, 11) is 0. The molecule has 1 fully saturated rings. The molecule has 5 nitrogen and oxygen atoms in total. The number of benzene rings is 1. The van der Waals surface area contributed by atoms with E-state index in [9.17, 15) is 9.90 Å². The minimum atomic E-state index is -0.856. The number of furan rings is 1. The van der Waals surface area contributed by atoms with Crippen molar-refractivity contribution in [2.75, 3.05) is 26.2 Å². The van der Waals surface area contributed by atoms with Crippen LogP contribution in [-0.4, -0.2) is 47.1 Å². The molecule has 3 aromatic rings. The maximum Gasteiger partial charge on any atom is 0.328 e. The molecule has 1 aromatic carbocycles. The molecule has 2 aromatic heterocycles. The fourth-order valence-electron chi connectivity index (χ4n) is 3.42. The van der Waals surface area contributed by atoms with E-state index in [-0.39, 0.29) is 0 Å². The van der Waals surface area contributed by atoms with Gasteiger partial charge in [0.1, 0.15) is 11.3 Å². The number of thiophene rings is 1. The Morgan fingerprint density at radius 3 is 2.68 bits per heavy atom. The first kappa shape index (κ1) is 16.3. The summed E-state index contributed by atoms with van der Waals surface area (Å²) in [5.41, 5.74) is 2.06. The van der Waals surface area contributed by atoms with Crippen molar-refractivity contribution in [2.24, 2.45) is 0 Å². The van der Waals surface area contributed by atoms with Crippen molar-refractivity contribution in [1.82, 2.24) is 9.80 Å². The Bertz CT molecular complexity index is 818. The van der Waals surface area contributed by atoms with Crippen molar-refractivity contribution in [2.45, 2.75) is 12.6 Å². The number of carboxylic acid groups (broad SMARTS) is 1. The Labute approximate surface area is 150 Å². The lowest BCUT2D eigenvalue weighted by Crippen LogP contribution is -2.48. The van der Waals surface area contributed by atoms with Gasteiger partial charge in [-0.1, -0.05) is 18.2 Å². The van der Waals surface area contributed by atoms with E-state index in [0.717, 1.165) is 43.7 Å². The van der Waals surface area contributed by atoms with Gasteiger partial charge in [0.25, 0.3) is 0 Å². The number of carboxylic acids is 1. The van der Waals surface area contributed by atoms with Crippen LogP contribution < -0.4 is 0 Å². The highest BCUT2D eigenvalue weighted by Crippen LogP contribution is 2.29. The molecule has 1 atom stereocenters. The second-order valence-electron chi connectivity index (χ2n) is 6.37. The summed E-state index contributed by atoms with van der Waals surface area (Å²) < 4.78 is 5.82. The number of hydrogen-bond acceptors (Lipinski definition) is 5. The maximum atomic E-state index is 11.9. The Morgan fingerprint density at radius 2 is 2.00 bits per heavy atom. The number of fused-ring (bicyclic) bond motifs is 1. The molecule has 130 valence electrons. The van der Waals surface area contributed by atoms with Crippen LogP contribution in [0.5, 0.6) is 0 Å². The highest BCUT2D eigenvalue weighted by atomic mass is 32.1. The molecule has 1 saturated heterocycles. The van der Waals surface area contributed by atoms with Crippen LogP contribution in [0.25, 0.3) is 11.0 Å². The zero-order valence-corrected chi connectivity index (χ0v) is 14.6. The third kappa shape index (κ3) is 3.46. The fraction of sp³-hybridized carbons (Fsp3) is 0.316. The summed E-state index contributed by atoms with van der Waals surface area (Å²) in [5.74, 6) is -0.342. The van der Waals surface area contributed by atoms with Gasteiger partial charge in [-0.15, -0.1) is 0 Å².